The van der Waals surface area contributed by atoms with Crippen LogP contribution in [0, 0.1) is 0 Å². The van der Waals surface area contributed by atoms with Gasteiger partial charge in [0.2, 0.25) is 0 Å². The van der Waals surface area contributed by atoms with Gasteiger partial charge in [0.05, 0.1) is 5.56 Å². The number of carbonyl (C=O) groups is 1. The summed E-state index contributed by atoms with van der Waals surface area (Å²) in [6, 6.07) is 6.57. The molecule has 0 saturated carbocycles. The van der Waals surface area contributed by atoms with Crippen molar-refractivity contribution in [1.29, 1.82) is 0 Å². The van der Waals surface area contributed by atoms with Gasteiger partial charge in [-0.3, -0.25) is 4.98 Å². The first-order valence-corrected chi connectivity index (χ1v) is 5.92. The van der Waals surface area contributed by atoms with Crippen LogP contribution in [0.25, 0.3) is 0 Å². The molecule has 1 aromatic carbocycles. The van der Waals surface area contributed by atoms with E-state index >= 15 is 0 Å². The van der Waals surface area contributed by atoms with Crippen molar-refractivity contribution in [3.63, 3.8) is 0 Å². The number of aromatic nitrogens is 1. The number of nitrogens with zero attached hydrogens (tertiary/aromatic N) is 1. The molecule has 4 nitrogen and oxygen atoms in total. The lowest BCUT2D eigenvalue weighted by Gasteiger charge is -2.14. The van der Waals surface area contributed by atoms with Gasteiger partial charge in [-0.25, -0.2) is 4.79 Å². The van der Waals surface area contributed by atoms with Gasteiger partial charge in [0.1, 0.15) is 5.75 Å². The van der Waals surface area contributed by atoms with Crippen LogP contribution in [0.4, 0.5) is 18.0 Å². The number of amides is 1. The number of hydrogen-bond donors (Lipinski definition) is 1. The molecule has 0 saturated heterocycles. The van der Waals surface area contributed by atoms with Crippen molar-refractivity contribution < 1.29 is 22.7 Å². The van der Waals surface area contributed by atoms with E-state index < -0.39 is 17.8 Å². The van der Waals surface area contributed by atoms with Crippen LogP contribution in [0.15, 0.2) is 42.7 Å². The number of alkyl halides is 3. The lowest BCUT2D eigenvalue weighted by Crippen LogP contribution is -2.17. The standard InChI is InChI=1S/C14H11F3N2O2/c15-14(16,17)12-8-11(21-13(18)20)2-1-10(12)7-9-3-5-19-6-4-9/h1-6,8H,7H2,(H2,18,20). The predicted octanol–water partition coefficient (Wildman–Crippen LogP) is 3.15. The van der Waals surface area contributed by atoms with Crippen molar-refractivity contribution in [1.82, 2.24) is 4.98 Å². The Morgan fingerprint density at radius 1 is 1.19 bits per heavy atom. The molecule has 0 radical (unpaired) electrons. The largest absolute Gasteiger partial charge is 0.416 e. The van der Waals surface area contributed by atoms with Crippen LogP contribution >= 0.6 is 0 Å². The normalized spacial score (nSPS) is 11.2. The second-order valence-corrected chi connectivity index (χ2v) is 4.27. The van der Waals surface area contributed by atoms with Gasteiger partial charge < -0.3 is 10.5 Å². The smallest absolute Gasteiger partial charge is 0.410 e. The maximum atomic E-state index is 13.1. The number of halogens is 3. The third-order valence-electron chi connectivity index (χ3n) is 2.75. The molecule has 0 atom stereocenters. The molecule has 1 amide bonds. The minimum Gasteiger partial charge on any atom is -0.410 e. The quantitative estimate of drug-likeness (QED) is 0.946. The molecule has 1 aromatic heterocycles. The summed E-state index contributed by atoms with van der Waals surface area (Å²) < 4.78 is 43.7. The van der Waals surface area contributed by atoms with Crippen LogP contribution < -0.4 is 10.5 Å². The molecule has 21 heavy (non-hydrogen) atoms. The lowest BCUT2D eigenvalue weighted by molar-refractivity contribution is -0.138. The molecule has 0 bridgehead atoms. The van der Waals surface area contributed by atoms with Gasteiger partial charge in [-0.1, -0.05) is 6.07 Å². The number of benzene rings is 1. The summed E-state index contributed by atoms with van der Waals surface area (Å²) in [6.07, 6.45) is -2.61. The second-order valence-electron chi connectivity index (χ2n) is 4.27. The van der Waals surface area contributed by atoms with Gasteiger partial charge in [-0.15, -0.1) is 0 Å². The summed E-state index contributed by atoms with van der Waals surface area (Å²) in [4.78, 5) is 14.4. The van der Waals surface area contributed by atoms with Gasteiger partial charge >= 0.3 is 12.3 Å². The van der Waals surface area contributed by atoms with Crippen LogP contribution in [0.5, 0.6) is 5.75 Å². The Morgan fingerprint density at radius 2 is 1.86 bits per heavy atom. The Bertz CT molecular complexity index is 642. The summed E-state index contributed by atoms with van der Waals surface area (Å²) in [6.45, 7) is 0. The van der Waals surface area contributed by atoms with Gasteiger partial charge in [-0.2, -0.15) is 13.2 Å². The van der Waals surface area contributed by atoms with E-state index in [1.807, 2.05) is 0 Å². The number of nitrogens with two attached hydrogens (primary N) is 1. The van der Waals surface area contributed by atoms with Crippen molar-refractivity contribution >= 4 is 6.09 Å². The second kappa shape index (κ2) is 5.82. The average Bonchev–Trinajstić information content (AvgIpc) is 2.40. The van der Waals surface area contributed by atoms with E-state index in [0.717, 1.165) is 6.07 Å². The molecule has 110 valence electrons. The van der Waals surface area contributed by atoms with E-state index in [4.69, 9.17) is 5.73 Å². The number of primary amides is 1. The number of rotatable bonds is 3. The number of pyridine rings is 1. The lowest BCUT2D eigenvalue weighted by atomic mass is 10.00. The summed E-state index contributed by atoms with van der Waals surface area (Å²) in [5.74, 6) is -0.242. The molecule has 7 heteroatoms. The van der Waals surface area contributed by atoms with Crippen molar-refractivity contribution in [2.24, 2.45) is 5.73 Å². The molecule has 0 fully saturated rings. The first-order valence-electron chi connectivity index (χ1n) is 5.92. The van der Waals surface area contributed by atoms with Crippen molar-refractivity contribution in [2.45, 2.75) is 12.6 Å². The molecule has 2 aromatic rings. The van der Waals surface area contributed by atoms with Crippen molar-refractivity contribution in [3.05, 3.63) is 59.4 Å². The van der Waals surface area contributed by atoms with Crippen LogP contribution in [0.2, 0.25) is 0 Å². The first kappa shape index (κ1) is 14.8. The molecule has 0 aliphatic heterocycles. The van der Waals surface area contributed by atoms with Gasteiger partial charge in [-0.05, 0) is 41.8 Å². The molecule has 2 N–H and O–H groups in total. The highest BCUT2D eigenvalue weighted by Crippen LogP contribution is 2.35. The number of carbonyl (C=O) groups excluding carboxylic acids is 1. The van der Waals surface area contributed by atoms with Crippen LogP contribution in [0.3, 0.4) is 0 Å². The van der Waals surface area contributed by atoms with E-state index in [0.29, 0.717) is 5.56 Å². The monoisotopic (exact) mass is 296 g/mol. The summed E-state index contributed by atoms with van der Waals surface area (Å²) in [5, 5.41) is 0. The van der Waals surface area contributed by atoms with E-state index in [1.165, 1.54) is 24.5 Å². The maximum Gasteiger partial charge on any atom is 0.416 e. The van der Waals surface area contributed by atoms with E-state index in [1.54, 1.807) is 12.1 Å². The zero-order valence-electron chi connectivity index (χ0n) is 10.7. The van der Waals surface area contributed by atoms with Crippen LogP contribution in [-0.2, 0) is 12.6 Å². The number of hydrogen-bond acceptors (Lipinski definition) is 3. The third kappa shape index (κ3) is 3.95. The summed E-state index contributed by atoms with van der Waals surface area (Å²) in [7, 11) is 0. The molecule has 1 heterocycles. The Morgan fingerprint density at radius 3 is 2.43 bits per heavy atom. The molecule has 0 aliphatic carbocycles. The SMILES string of the molecule is NC(=O)Oc1ccc(Cc2ccncc2)c(C(F)(F)F)c1. The Labute approximate surface area is 118 Å². The zero-order chi connectivity index (χ0) is 15.5. The molecule has 0 spiro atoms. The summed E-state index contributed by atoms with van der Waals surface area (Å²) in [5.41, 5.74) is 4.70. The molecule has 2 rings (SSSR count). The molecular weight excluding hydrogens is 285 g/mol. The van der Waals surface area contributed by atoms with E-state index in [-0.39, 0.29) is 17.7 Å². The van der Waals surface area contributed by atoms with Crippen LogP contribution in [-0.4, -0.2) is 11.1 Å². The van der Waals surface area contributed by atoms with Gasteiger partial charge in [0.25, 0.3) is 0 Å². The summed E-state index contributed by atoms with van der Waals surface area (Å²) >= 11 is 0. The highest BCUT2D eigenvalue weighted by atomic mass is 19.4. The van der Waals surface area contributed by atoms with E-state index in [2.05, 4.69) is 9.72 Å². The Balaban J connectivity index is 2.38. The van der Waals surface area contributed by atoms with Gasteiger partial charge in [0, 0.05) is 12.4 Å². The molecule has 0 unspecified atom stereocenters. The fourth-order valence-electron chi connectivity index (χ4n) is 1.87. The minimum absolute atomic E-state index is 0.0746. The highest BCUT2D eigenvalue weighted by molar-refractivity contribution is 5.68. The zero-order valence-corrected chi connectivity index (χ0v) is 10.7. The minimum atomic E-state index is -4.56. The first-order chi connectivity index (χ1) is 9.86. The van der Waals surface area contributed by atoms with Crippen molar-refractivity contribution in [3.8, 4) is 5.75 Å². The third-order valence-corrected chi connectivity index (χ3v) is 2.75. The topological polar surface area (TPSA) is 65.2 Å². The van der Waals surface area contributed by atoms with Gasteiger partial charge in [0.15, 0.2) is 0 Å². The number of ether oxygens (including phenoxy) is 1. The molecular formula is C14H11F3N2O2. The highest BCUT2D eigenvalue weighted by Gasteiger charge is 2.33. The average molecular weight is 296 g/mol. The maximum absolute atomic E-state index is 13.1. The Hall–Kier alpha value is -2.57. The van der Waals surface area contributed by atoms with Crippen molar-refractivity contribution in [2.75, 3.05) is 0 Å². The van der Waals surface area contributed by atoms with Crippen LogP contribution in [0.1, 0.15) is 16.7 Å². The molecule has 0 aliphatic rings. The fraction of sp³-hybridized carbons (Fsp3) is 0.143. The predicted molar refractivity (Wildman–Crippen MR) is 68.7 cm³/mol. The Kier molecular flexibility index (Phi) is 4.11. The van der Waals surface area contributed by atoms with E-state index in [9.17, 15) is 18.0 Å². The fourth-order valence-corrected chi connectivity index (χ4v) is 1.87.